The van der Waals surface area contributed by atoms with Gasteiger partial charge in [-0.3, -0.25) is 0 Å². The summed E-state index contributed by atoms with van der Waals surface area (Å²) in [6.45, 7) is 0. The van der Waals surface area contributed by atoms with Crippen molar-refractivity contribution < 1.29 is 22.7 Å². The molecule has 0 radical (unpaired) electrons. The van der Waals surface area contributed by atoms with Crippen LogP contribution in [-0.2, 0) is 0 Å². The molecule has 1 rings (SSSR count). The molecular formula is C8H6BrF4NO. The highest BCUT2D eigenvalue weighted by Gasteiger charge is 2.39. The second kappa shape index (κ2) is 3.97. The molecular weight excluding hydrogens is 282 g/mol. The quantitative estimate of drug-likeness (QED) is 0.780. The van der Waals surface area contributed by atoms with E-state index < -0.39 is 29.3 Å². The third-order valence-electron chi connectivity index (χ3n) is 1.75. The largest absolute Gasteiger partial charge is 0.506 e. The molecule has 3 N–H and O–H groups in total. The van der Waals surface area contributed by atoms with E-state index in [1.165, 1.54) is 0 Å². The fourth-order valence-corrected chi connectivity index (χ4v) is 1.45. The summed E-state index contributed by atoms with van der Waals surface area (Å²) in [6, 6.07) is -1.01. The molecule has 0 saturated heterocycles. The highest BCUT2D eigenvalue weighted by Crippen LogP contribution is 2.38. The van der Waals surface area contributed by atoms with Crippen molar-refractivity contribution in [2.75, 3.05) is 0 Å². The van der Waals surface area contributed by atoms with Gasteiger partial charge in [0.05, 0.1) is 4.47 Å². The van der Waals surface area contributed by atoms with Crippen LogP contribution in [0.1, 0.15) is 11.6 Å². The van der Waals surface area contributed by atoms with Crippen LogP contribution in [0, 0.1) is 5.82 Å². The third-order valence-corrected chi connectivity index (χ3v) is 2.35. The molecule has 0 aliphatic rings. The molecule has 0 heterocycles. The minimum absolute atomic E-state index is 0.169. The molecule has 0 aliphatic carbocycles. The Bertz CT molecular complexity index is 380. The number of hydrogen-bond acceptors (Lipinski definition) is 2. The van der Waals surface area contributed by atoms with E-state index in [0.717, 1.165) is 6.07 Å². The molecule has 1 atom stereocenters. The van der Waals surface area contributed by atoms with Crippen LogP contribution >= 0.6 is 15.9 Å². The number of halogens is 5. The van der Waals surface area contributed by atoms with Crippen LogP contribution in [0.3, 0.4) is 0 Å². The zero-order chi connectivity index (χ0) is 11.8. The van der Waals surface area contributed by atoms with Crippen LogP contribution in [0.15, 0.2) is 16.6 Å². The van der Waals surface area contributed by atoms with Crippen molar-refractivity contribution in [2.24, 2.45) is 5.73 Å². The van der Waals surface area contributed by atoms with E-state index in [4.69, 9.17) is 5.73 Å². The summed E-state index contributed by atoms with van der Waals surface area (Å²) in [5.41, 5.74) is 4.14. The monoisotopic (exact) mass is 287 g/mol. The molecule has 0 aromatic heterocycles. The first-order valence-corrected chi connectivity index (χ1v) is 4.53. The highest BCUT2D eigenvalue weighted by atomic mass is 79.9. The topological polar surface area (TPSA) is 46.2 Å². The first-order chi connectivity index (χ1) is 6.73. The van der Waals surface area contributed by atoms with Crippen molar-refractivity contribution in [3.63, 3.8) is 0 Å². The van der Waals surface area contributed by atoms with Gasteiger partial charge < -0.3 is 10.8 Å². The van der Waals surface area contributed by atoms with E-state index in [2.05, 4.69) is 15.9 Å². The average molecular weight is 288 g/mol. The second-order valence-corrected chi connectivity index (χ2v) is 3.70. The smallest absolute Gasteiger partial charge is 0.407 e. The summed E-state index contributed by atoms with van der Waals surface area (Å²) in [7, 11) is 0. The fourth-order valence-electron chi connectivity index (χ4n) is 0.999. The van der Waals surface area contributed by atoms with Crippen LogP contribution in [0.5, 0.6) is 5.75 Å². The predicted octanol–water partition coefficient (Wildman–Crippen LogP) is 2.86. The lowest BCUT2D eigenvalue weighted by Crippen LogP contribution is -2.28. The molecule has 0 amide bonds. The van der Waals surface area contributed by atoms with Crippen LogP contribution in [0.25, 0.3) is 0 Å². The molecule has 15 heavy (non-hydrogen) atoms. The molecule has 1 aromatic rings. The first kappa shape index (κ1) is 12.3. The van der Waals surface area contributed by atoms with Gasteiger partial charge in [-0.1, -0.05) is 0 Å². The Labute approximate surface area is 90.8 Å². The Balaban J connectivity index is 3.25. The fraction of sp³-hybridized carbons (Fsp3) is 0.250. The molecule has 0 unspecified atom stereocenters. The number of benzene rings is 1. The van der Waals surface area contributed by atoms with E-state index >= 15 is 0 Å². The summed E-state index contributed by atoms with van der Waals surface area (Å²) < 4.78 is 49.2. The van der Waals surface area contributed by atoms with E-state index in [-0.39, 0.29) is 4.47 Å². The molecule has 7 heteroatoms. The van der Waals surface area contributed by atoms with E-state index in [1.807, 2.05) is 0 Å². The van der Waals surface area contributed by atoms with Crippen LogP contribution < -0.4 is 5.73 Å². The van der Waals surface area contributed by atoms with Crippen molar-refractivity contribution in [3.05, 3.63) is 28.0 Å². The minimum Gasteiger partial charge on any atom is -0.506 e. The Morgan fingerprint density at radius 3 is 2.33 bits per heavy atom. The number of nitrogens with two attached hydrogens (primary N) is 1. The number of aromatic hydroxyl groups is 1. The van der Waals surface area contributed by atoms with Crippen LogP contribution in [-0.4, -0.2) is 11.3 Å². The number of alkyl halides is 3. The standard InChI is InChI=1S/C8H6BrF4NO/c9-5-2-3(10)1-4(6(5)15)7(14)8(11,12)13/h1-2,7,15H,14H2/t7-/m1/s1. The molecule has 84 valence electrons. The van der Waals surface area contributed by atoms with Crippen molar-refractivity contribution in [1.82, 2.24) is 0 Å². The maximum Gasteiger partial charge on any atom is 0.407 e. The normalized spacial score (nSPS) is 14.0. The minimum atomic E-state index is -4.73. The van der Waals surface area contributed by atoms with Crippen LogP contribution in [0.4, 0.5) is 17.6 Å². The Hall–Kier alpha value is -0.820. The lowest BCUT2D eigenvalue weighted by Gasteiger charge is -2.17. The number of phenolic OH excluding ortho intramolecular Hbond substituents is 1. The van der Waals surface area contributed by atoms with Gasteiger partial charge in [0, 0.05) is 5.56 Å². The summed E-state index contributed by atoms with van der Waals surface area (Å²) in [4.78, 5) is 0. The molecule has 2 nitrogen and oxygen atoms in total. The van der Waals surface area contributed by atoms with Gasteiger partial charge in [0.1, 0.15) is 17.6 Å². The van der Waals surface area contributed by atoms with Crippen molar-refractivity contribution in [3.8, 4) is 5.75 Å². The summed E-state index contributed by atoms with van der Waals surface area (Å²) >= 11 is 2.72. The Morgan fingerprint density at radius 1 is 1.33 bits per heavy atom. The summed E-state index contributed by atoms with van der Waals surface area (Å²) in [5, 5.41) is 9.26. The molecule has 1 aromatic carbocycles. The summed E-state index contributed by atoms with van der Waals surface area (Å²) in [5.74, 6) is -1.62. The molecule has 0 spiro atoms. The van der Waals surface area contributed by atoms with Crippen molar-refractivity contribution in [1.29, 1.82) is 0 Å². The van der Waals surface area contributed by atoms with Crippen molar-refractivity contribution in [2.45, 2.75) is 12.2 Å². The summed E-state index contributed by atoms with van der Waals surface area (Å²) in [6.07, 6.45) is -4.73. The van der Waals surface area contributed by atoms with E-state index in [9.17, 15) is 22.7 Å². The van der Waals surface area contributed by atoms with Gasteiger partial charge >= 0.3 is 6.18 Å². The molecule has 0 fully saturated rings. The zero-order valence-corrected chi connectivity index (χ0v) is 8.73. The van der Waals surface area contributed by atoms with Gasteiger partial charge in [0.25, 0.3) is 0 Å². The van der Waals surface area contributed by atoms with Crippen LogP contribution in [0.2, 0.25) is 0 Å². The lowest BCUT2D eigenvalue weighted by atomic mass is 10.1. The van der Waals surface area contributed by atoms with E-state index in [0.29, 0.717) is 6.07 Å². The van der Waals surface area contributed by atoms with Gasteiger partial charge in [-0.05, 0) is 28.1 Å². The van der Waals surface area contributed by atoms with Gasteiger partial charge in [0.2, 0.25) is 0 Å². The van der Waals surface area contributed by atoms with Gasteiger partial charge in [-0.25, -0.2) is 4.39 Å². The molecule has 0 saturated carbocycles. The highest BCUT2D eigenvalue weighted by molar-refractivity contribution is 9.10. The predicted molar refractivity (Wildman–Crippen MR) is 48.7 cm³/mol. The third kappa shape index (κ3) is 2.60. The second-order valence-electron chi connectivity index (χ2n) is 2.84. The average Bonchev–Trinajstić information content (AvgIpc) is 2.08. The van der Waals surface area contributed by atoms with Gasteiger partial charge in [-0.2, -0.15) is 13.2 Å². The number of phenols is 1. The maximum atomic E-state index is 12.8. The Kier molecular flexibility index (Phi) is 3.25. The number of rotatable bonds is 1. The van der Waals surface area contributed by atoms with Crippen molar-refractivity contribution >= 4 is 15.9 Å². The maximum absolute atomic E-state index is 12.8. The SMILES string of the molecule is N[C@H](c1cc(F)cc(Br)c1O)C(F)(F)F. The Morgan fingerprint density at radius 2 is 1.87 bits per heavy atom. The molecule has 0 bridgehead atoms. The lowest BCUT2D eigenvalue weighted by molar-refractivity contribution is -0.149. The van der Waals surface area contributed by atoms with Gasteiger partial charge in [0.15, 0.2) is 0 Å². The van der Waals surface area contributed by atoms with Gasteiger partial charge in [-0.15, -0.1) is 0 Å². The number of hydrogen-bond donors (Lipinski definition) is 2. The first-order valence-electron chi connectivity index (χ1n) is 3.73. The van der Waals surface area contributed by atoms with E-state index in [1.54, 1.807) is 0 Å². The zero-order valence-electron chi connectivity index (χ0n) is 7.15. The molecule has 0 aliphatic heterocycles.